The van der Waals surface area contributed by atoms with Crippen LogP contribution in [0.4, 0.5) is 8.78 Å². The normalized spacial score (nSPS) is 16.8. The Morgan fingerprint density at radius 3 is 2.52 bits per heavy atom. The SMILES string of the molecule is NCCN1CCCN(C(=O)Cc2c(F)cccc2F)CC1. The quantitative estimate of drug-likeness (QED) is 0.902. The maximum absolute atomic E-state index is 13.6. The van der Waals surface area contributed by atoms with Crippen LogP contribution in [0.1, 0.15) is 12.0 Å². The van der Waals surface area contributed by atoms with Crippen LogP contribution >= 0.6 is 0 Å². The molecule has 1 heterocycles. The maximum Gasteiger partial charge on any atom is 0.227 e. The first-order valence-corrected chi connectivity index (χ1v) is 7.25. The van der Waals surface area contributed by atoms with Gasteiger partial charge in [0.25, 0.3) is 0 Å². The van der Waals surface area contributed by atoms with Crippen LogP contribution in [0, 0.1) is 11.6 Å². The Labute approximate surface area is 123 Å². The van der Waals surface area contributed by atoms with Gasteiger partial charge in [-0.05, 0) is 25.1 Å². The fraction of sp³-hybridized carbons (Fsp3) is 0.533. The predicted octanol–water partition coefficient (Wildman–Crippen LogP) is 1.00. The Kier molecular flexibility index (Phi) is 5.64. The lowest BCUT2D eigenvalue weighted by atomic mass is 10.1. The number of benzene rings is 1. The fourth-order valence-corrected chi connectivity index (χ4v) is 2.59. The average molecular weight is 297 g/mol. The van der Waals surface area contributed by atoms with Crippen LogP contribution in [-0.4, -0.2) is 55.0 Å². The van der Waals surface area contributed by atoms with Gasteiger partial charge in [-0.15, -0.1) is 0 Å². The molecule has 6 heteroatoms. The summed E-state index contributed by atoms with van der Waals surface area (Å²) in [6, 6.07) is 3.66. The van der Waals surface area contributed by atoms with Crippen molar-refractivity contribution in [3.8, 4) is 0 Å². The van der Waals surface area contributed by atoms with Gasteiger partial charge in [0.1, 0.15) is 11.6 Å². The van der Waals surface area contributed by atoms with E-state index in [0.717, 1.165) is 26.1 Å². The summed E-state index contributed by atoms with van der Waals surface area (Å²) < 4.78 is 27.2. The largest absolute Gasteiger partial charge is 0.341 e. The maximum atomic E-state index is 13.6. The Morgan fingerprint density at radius 1 is 1.14 bits per heavy atom. The summed E-state index contributed by atoms with van der Waals surface area (Å²) in [6.07, 6.45) is 0.626. The van der Waals surface area contributed by atoms with Gasteiger partial charge in [0.2, 0.25) is 5.91 Å². The Morgan fingerprint density at radius 2 is 1.86 bits per heavy atom. The molecule has 1 aromatic carbocycles. The number of nitrogens with two attached hydrogens (primary N) is 1. The number of rotatable bonds is 4. The fourth-order valence-electron chi connectivity index (χ4n) is 2.59. The number of hydrogen-bond donors (Lipinski definition) is 1. The second-order valence-corrected chi connectivity index (χ2v) is 5.24. The van der Waals surface area contributed by atoms with Crippen molar-refractivity contribution in [3.63, 3.8) is 0 Å². The zero-order chi connectivity index (χ0) is 15.2. The van der Waals surface area contributed by atoms with Gasteiger partial charge >= 0.3 is 0 Å². The van der Waals surface area contributed by atoms with Crippen molar-refractivity contribution < 1.29 is 13.6 Å². The molecule has 1 saturated heterocycles. The number of halogens is 2. The van der Waals surface area contributed by atoms with Crippen LogP contribution in [0.5, 0.6) is 0 Å². The van der Waals surface area contributed by atoms with E-state index in [9.17, 15) is 13.6 Å². The van der Waals surface area contributed by atoms with E-state index < -0.39 is 11.6 Å². The van der Waals surface area contributed by atoms with Gasteiger partial charge < -0.3 is 15.5 Å². The Hall–Kier alpha value is -1.53. The molecule has 1 aliphatic rings. The minimum absolute atomic E-state index is 0.148. The number of carbonyl (C=O) groups is 1. The third-order valence-electron chi connectivity index (χ3n) is 3.78. The second-order valence-electron chi connectivity index (χ2n) is 5.24. The number of hydrogen-bond acceptors (Lipinski definition) is 3. The first-order valence-electron chi connectivity index (χ1n) is 7.25. The molecule has 1 fully saturated rings. The van der Waals surface area contributed by atoms with Gasteiger partial charge in [-0.1, -0.05) is 6.07 Å². The molecule has 0 unspecified atom stereocenters. The van der Waals surface area contributed by atoms with Crippen LogP contribution in [-0.2, 0) is 11.2 Å². The molecule has 1 aromatic rings. The first-order chi connectivity index (χ1) is 10.1. The van der Waals surface area contributed by atoms with Crippen molar-refractivity contribution in [2.45, 2.75) is 12.8 Å². The first kappa shape index (κ1) is 15.9. The van der Waals surface area contributed by atoms with E-state index in [1.54, 1.807) is 4.90 Å². The minimum Gasteiger partial charge on any atom is -0.341 e. The molecule has 116 valence electrons. The molecule has 1 aliphatic heterocycles. The third-order valence-corrected chi connectivity index (χ3v) is 3.78. The molecule has 4 nitrogen and oxygen atoms in total. The van der Waals surface area contributed by atoms with Gasteiger partial charge in [-0.25, -0.2) is 8.78 Å². The molecule has 0 atom stereocenters. The summed E-state index contributed by atoms with van der Waals surface area (Å²) in [7, 11) is 0. The molecule has 0 saturated carbocycles. The van der Waals surface area contributed by atoms with E-state index in [1.807, 2.05) is 0 Å². The van der Waals surface area contributed by atoms with Crippen LogP contribution < -0.4 is 5.73 Å². The zero-order valence-corrected chi connectivity index (χ0v) is 12.0. The minimum atomic E-state index is -0.664. The molecular formula is C15H21F2N3O. The van der Waals surface area contributed by atoms with Crippen LogP contribution in [0.3, 0.4) is 0 Å². The van der Waals surface area contributed by atoms with Crippen LogP contribution in [0.25, 0.3) is 0 Å². The number of nitrogens with zero attached hydrogens (tertiary/aromatic N) is 2. The van der Waals surface area contributed by atoms with Crippen molar-refractivity contribution in [1.82, 2.24) is 9.80 Å². The highest BCUT2D eigenvalue weighted by atomic mass is 19.1. The lowest BCUT2D eigenvalue weighted by Crippen LogP contribution is -2.37. The van der Waals surface area contributed by atoms with Crippen molar-refractivity contribution in [3.05, 3.63) is 35.4 Å². The summed E-state index contributed by atoms with van der Waals surface area (Å²) in [4.78, 5) is 16.1. The monoisotopic (exact) mass is 297 g/mol. The van der Waals surface area contributed by atoms with E-state index in [0.29, 0.717) is 19.6 Å². The topological polar surface area (TPSA) is 49.6 Å². The smallest absolute Gasteiger partial charge is 0.227 e. The lowest BCUT2D eigenvalue weighted by Gasteiger charge is -2.22. The Bertz CT molecular complexity index is 476. The van der Waals surface area contributed by atoms with E-state index >= 15 is 0 Å². The average Bonchev–Trinajstić information content (AvgIpc) is 2.69. The van der Waals surface area contributed by atoms with E-state index in [1.165, 1.54) is 18.2 Å². The summed E-state index contributed by atoms with van der Waals surface area (Å²) in [5, 5.41) is 0. The molecule has 0 radical (unpaired) electrons. The third kappa shape index (κ3) is 4.22. The highest BCUT2D eigenvalue weighted by molar-refractivity contribution is 5.79. The zero-order valence-electron chi connectivity index (χ0n) is 12.0. The van der Waals surface area contributed by atoms with Crippen molar-refractivity contribution in [2.75, 3.05) is 39.3 Å². The molecule has 0 spiro atoms. The molecule has 0 bridgehead atoms. The molecule has 2 N–H and O–H groups in total. The molecule has 0 aliphatic carbocycles. The van der Waals surface area contributed by atoms with E-state index in [4.69, 9.17) is 5.73 Å². The Balaban J connectivity index is 1.97. The van der Waals surface area contributed by atoms with Crippen LogP contribution in [0.2, 0.25) is 0 Å². The van der Waals surface area contributed by atoms with Gasteiger partial charge in [-0.3, -0.25) is 4.79 Å². The highest BCUT2D eigenvalue weighted by Crippen LogP contribution is 2.14. The van der Waals surface area contributed by atoms with Crippen molar-refractivity contribution >= 4 is 5.91 Å². The summed E-state index contributed by atoms with van der Waals surface area (Å²) in [5.41, 5.74) is 5.39. The van der Waals surface area contributed by atoms with E-state index in [2.05, 4.69) is 4.90 Å². The predicted molar refractivity (Wildman–Crippen MR) is 76.8 cm³/mol. The standard InChI is InChI=1S/C15H21F2N3O/c16-13-3-1-4-14(17)12(13)11-15(21)20-7-2-6-19(8-5-18)9-10-20/h1,3-4H,2,5-11,18H2. The van der Waals surface area contributed by atoms with Crippen LogP contribution in [0.15, 0.2) is 18.2 Å². The molecule has 21 heavy (non-hydrogen) atoms. The highest BCUT2D eigenvalue weighted by Gasteiger charge is 2.21. The van der Waals surface area contributed by atoms with Crippen molar-refractivity contribution in [1.29, 1.82) is 0 Å². The second kappa shape index (κ2) is 7.47. The molecule has 2 rings (SSSR count). The van der Waals surface area contributed by atoms with Gasteiger partial charge in [0.15, 0.2) is 0 Å². The summed E-state index contributed by atoms with van der Waals surface area (Å²) in [5.74, 6) is -1.56. The van der Waals surface area contributed by atoms with E-state index in [-0.39, 0.29) is 17.9 Å². The van der Waals surface area contributed by atoms with Gasteiger partial charge in [0, 0.05) is 38.3 Å². The molecule has 1 amide bonds. The lowest BCUT2D eigenvalue weighted by molar-refractivity contribution is -0.130. The van der Waals surface area contributed by atoms with Crippen molar-refractivity contribution in [2.24, 2.45) is 5.73 Å². The molecular weight excluding hydrogens is 276 g/mol. The van der Waals surface area contributed by atoms with Gasteiger partial charge in [0.05, 0.1) is 6.42 Å². The number of amides is 1. The molecule has 0 aromatic heterocycles. The van der Waals surface area contributed by atoms with Gasteiger partial charge in [-0.2, -0.15) is 0 Å². The summed E-state index contributed by atoms with van der Waals surface area (Å²) >= 11 is 0. The number of carbonyl (C=O) groups excluding carboxylic acids is 1. The summed E-state index contributed by atoms with van der Waals surface area (Å²) in [6.45, 7) is 4.25.